The predicted molar refractivity (Wildman–Crippen MR) is 95.7 cm³/mol. The first-order chi connectivity index (χ1) is 12.0. The van der Waals surface area contributed by atoms with Gasteiger partial charge in [0.1, 0.15) is 11.6 Å². The highest BCUT2D eigenvalue weighted by Crippen LogP contribution is 2.14. The number of ether oxygens (including phenoxy) is 1. The lowest BCUT2D eigenvalue weighted by atomic mass is 10.2. The summed E-state index contributed by atoms with van der Waals surface area (Å²) in [5, 5.41) is 0. The Morgan fingerprint density at radius 3 is 2.60 bits per heavy atom. The summed E-state index contributed by atoms with van der Waals surface area (Å²) in [5.74, 6) is 1.22. The molecule has 1 fully saturated rings. The standard InChI is InChI=1S/C17H22N4O3S/c1-14-11-17(21-7-9-24-10-8-21)20-16(19-14)12-18-25(22,23)13-15-5-3-2-4-6-15/h2-6,11,18H,7-10,12-13H2,1H3. The van der Waals surface area contributed by atoms with Crippen molar-refractivity contribution in [1.82, 2.24) is 14.7 Å². The molecular formula is C17H22N4O3S. The summed E-state index contributed by atoms with van der Waals surface area (Å²) in [7, 11) is -3.45. The van der Waals surface area contributed by atoms with Crippen LogP contribution in [0, 0.1) is 6.92 Å². The van der Waals surface area contributed by atoms with Crippen LogP contribution in [-0.2, 0) is 27.1 Å². The fraction of sp³-hybridized carbons (Fsp3) is 0.412. The summed E-state index contributed by atoms with van der Waals surface area (Å²) in [5.41, 5.74) is 1.56. The van der Waals surface area contributed by atoms with Crippen molar-refractivity contribution in [2.45, 2.75) is 19.2 Å². The Morgan fingerprint density at radius 2 is 1.88 bits per heavy atom. The summed E-state index contributed by atoms with van der Waals surface area (Å²) in [6.45, 7) is 4.84. The van der Waals surface area contributed by atoms with Gasteiger partial charge < -0.3 is 9.64 Å². The molecule has 0 bridgehead atoms. The Kier molecular flexibility index (Phi) is 5.62. The summed E-state index contributed by atoms with van der Waals surface area (Å²) >= 11 is 0. The SMILES string of the molecule is Cc1cc(N2CCOCC2)nc(CNS(=O)(=O)Cc2ccccc2)n1. The van der Waals surface area contributed by atoms with E-state index in [0.29, 0.717) is 19.0 Å². The minimum Gasteiger partial charge on any atom is -0.378 e. The summed E-state index contributed by atoms with van der Waals surface area (Å²) in [4.78, 5) is 11.0. The average molecular weight is 362 g/mol. The van der Waals surface area contributed by atoms with Gasteiger partial charge in [-0.15, -0.1) is 0 Å². The molecule has 1 aromatic carbocycles. The molecule has 1 aliphatic rings. The van der Waals surface area contributed by atoms with Gasteiger partial charge in [0.25, 0.3) is 0 Å². The molecule has 3 rings (SSSR count). The number of nitrogens with zero attached hydrogens (tertiary/aromatic N) is 3. The zero-order chi connectivity index (χ0) is 17.7. The molecule has 0 atom stereocenters. The van der Waals surface area contributed by atoms with Crippen molar-refractivity contribution in [3.8, 4) is 0 Å². The highest BCUT2D eigenvalue weighted by Gasteiger charge is 2.16. The summed E-state index contributed by atoms with van der Waals surface area (Å²) < 4.78 is 32.4. The number of hydrogen-bond acceptors (Lipinski definition) is 6. The van der Waals surface area contributed by atoms with E-state index in [1.165, 1.54) is 0 Å². The molecule has 0 radical (unpaired) electrons. The lowest BCUT2D eigenvalue weighted by Crippen LogP contribution is -2.37. The van der Waals surface area contributed by atoms with E-state index < -0.39 is 10.0 Å². The Hall–Kier alpha value is -2.03. The molecule has 1 saturated heterocycles. The van der Waals surface area contributed by atoms with Crippen LogP contribution in [0.2, 0.25) is 0 Å². The fourth-order valence-electron chi connectivity index (χ4n) is 2.66. The monoisotopic (exact) mass is 362 g/mol. The second-order valence-electron chi connectivity index (χ2n) is 5.95. The van der Waals surface area contributed by atoms with Gasteiger partial charge in [-0.25, -0.2) is 23.1 Å². The molecule has 2 aromatic rings. The molecule has 0 amide bonds. The minimum absolute atomic E-state index is 0.0595. The van der Waals surface area contributed by atoms with E-state index >= 15 is 0 Å². The van der Waals surface area contributed by atoms with E-state index in [0.717, 1.165) is 30.2 Å². The molecule has 7 nitrogen and oxygen atoms in total. The predicted octanol–water partition coefficient (Wildman–Crippen LogP) is 1.24. The van der Waals surface area contributed by atoms with Crippen molar-refractivity contribution >= 4 is 15.8 Å². The third-order valence-corrected chi connectivity index (χ3v) is 5.17. The first-order valence-corrected chi connectivity index (χ1v) is 9.85. The van der Waals surface area contributed by atoms with Crippen molar-refractivity contribution in [2.75, 3.05) is 31.2 Å². The highest BCUT2D eigenvalue weighted by atomic mass is 32.2. The topological polar surface area (TPSA) is 84.4 Å². The largest absolute Gasteiger partial charge is 0.378 e. The molecule has 0 unspecified atom stereocenters. The number of hydrogen-bond donors (Lipinski definition) is 1. The maximum atomic E-state index is 12.3. The third kappa shape index (κ3) is 5.22. The number of benzene rings is 1. The van der Waals surface area contributed by atoms with Gasteiger partial charge in [0.05, 0.1) is 25.5 Å². The van der Waals surface area contributed by atoms with Crippen molar-refractivity contribution < 1.29 is 13.2 Å². The molecule has 134 valence electrons. The lowest BCUT2D eigenvalue weighted by Gasteiger charge is -2.28. The summed E-state index contributed by atoms with van der Waals surface area (Å²) in [6, 6.07) is 11.0. The Bertz CT molecular complexity index is 806. The van der Waals surface area contributed by atoms with Gasteiger partial charge >= 0.3 is 0 Å². The number of anilines is 1. The van der Waals surface area contributed by atoms with Gasteiger partial charge in [0.15, 0.2) is 0 Å². The molecule has 2 heterocycles. The number of sulfonamides is 1. The minimum atomic E-state index is -3.45. The number of aryl methyl sites for hydroxylation is 1. The zero-order valence-electron chi connectivity index (χ0n) is 14.2. The molecule has 0 saturated carbocycles. The van der Waals surface area contributed by atoms with E-state index in [1.54, 1.807) is 12.1 Å². The van der Waals surface area contributed by atoms with Crippen molar-refractivity contribution in [3.05, 3.63) is 53.5 Å². The second-order valence-corrected chi connectivity index (χ2v) is 7.76. The lowest BCUT2D eigenvalue weighted by molar-refractivity contribution is 0.122. The molecule has 0 spiro atoms. The highest BCUT2D eigenvalue weighted by molar-refractivity contribution is 7.88. The van der Waals surface area contributed by atoms with Crippen LogP contribution in [0.25, 0.3) is 0 Å². The number of aromatic nitrogens is 2. The first kappa shape index (κ1) is 17.8. The maximum Gasteiger partial charge on any atom is 0.216 e. The van der Waals surface area contributed by atoms with E-state index in [-0.39, 0.29) is 12.3 Å². The van der Waals surface area contributed by atoms with Crippen LogP contribution >= 0.6 is 0 Å². The van der Waals surface area contributed by atoms with Crippen LogP contribution in [0.3, 0.4) is 0 Å². The van der Waals surface area contributed by atoms with Gasteiger partial charge in [-0.2, -0.15) is 0 Å². The van der Waals surface area contributed by atoms with Crippen LogP contribution in [-0.4, -0.2) is 44.7 Å². The van der Waals surface area contributed by atoms with E-state index in [1.807, 2.05) is 31.2 Å². The van der Waals surface area contributed by atoms with Crippen LogP contribution < -0.4 is 9.62 Å². The van der Waals surface area contributed by atoms with Gasteiger partial charge in [-0.05, 0) is 12.5 Å². The van der Waals surface area contributed by atoms with E-state index in [4.69, 9.17) is 4.74 Å². The van der Waals surface area contributed by atoms with Crippen molar-refractivity contribution in [2.24, 2.45) is 0 Å². The quantitative estimate of drug-likeness (QED) is 0.832. The van der Waals surface area contributed by atoms with Crippen LogP contribution in [0.5, 0.6) is 0 Å². The Balaban J connectivity index is 1.67. The molecule has 1 aliphatic heterocycles. The molecule has 8 heteroatoms. The van der Waals surface area contributed by atoms with Gasteiger partial charge in [-0.1, -0.05) is 30.3 Å². The van der Waals surface area contributed by atoms with Gasteiger partial charge in [-0.3, -0.25) is 0 Å². The van der Waals surface area contributed by atoms with E-state index in [2.05, 4.69) is 19.6 Å². The molecule has 25 heavy (non-hydrogen) atoms. The van der Waals surface area contributed by atoms with Gasteiger partial charge in [0, 0.05) is 24.8 Å². The van der Waals surface area contributed by atoms with Crippen molar-refractivity contribution in [3.63, 3.8) is 0 Å². The van der Waals surface area contributed by atoms with Crippen LogP contribution in [0.4, 0.5) is 5.82 Å². The molecule has 1 N–H and O–H groups in total. The summed E-state index contributed by atoms with van der Waals surface area (Å²) in [6.07, 6.45) is 0. The van der Waals surface area contributed by atoms with Crippen LogP contribution in [0.15, 0.2) is 36.4 Å². The average Bonchev–Trinajstić information content (AvgIpc) is 2.61. The van der Waals surface area contributed by atoms with Gasteiger partial charge in [0.2, 0.25) is 10.0 Å². The molecule has 0 aliphatic carbocycles. The fourth-order valence-corrected chi connectivity index (χ4v) is 3.75. The zero-order valence-corrected chi connectivity index (χ0v) is 15.0. The first-order valence-electron chi connectivity index (χ1n) is 8.20. The number of rotatable bonds is 6. The Morgan fingerprint density at radius 1 is 1.16 bits per heavy atom. The molecular weight excluding hydrogens is 340 g/mol. The second kappa shape index (κ2) is 7.90. The molecule has 1 aromatic heterocycles. The number of nitrogens with one attached hydrogen (secondary N) is 1. The normalized spacial score (nSPS) is 15.3. The maximum absolute atomic E-state index is 12.3. The smallest absolute Gasteiger partial charge is 0.216 e. The van der Waals surface area contributed by atoms with Crippen LogP contribution in [0.1, 0.15) is 17.1 Å². The van der Waals surface area contributed by atoms with E-state index in [9.17, 15) is 8.42 Å². The van der Waals surface area contributed by atoms with Crippen molar-refractivity contribution in [1.29, 1.82) is 0 Å². The number of morpholine rings is 1. The Labute approximate surface area is 148 Å². The third-order valence-electron chi connectivity index (χ3n) is 3.87.